The van der Waals surface area contributed by atoms with Crippen molar-refractivity contribution >= 4 is 23.1 Å². The number of methoxy groups -OCH3 is 2. The van der Waals surface area contributed by atoms with E-state index in [0.717, 1.165) is 52.6 Å². The van der Waals surface area contributed by atoms with Crippen LogP contribution in [0.25, 0.3) is 11.2 Å². The van der Waals surface area contributed by atoms with Crippen molar-refractivity contribution in [1.82, 2.24) is 19.5 Å². The lowest BCUT2D eigenvalue weighted by molar-refractivity contribution is -0.137. The number of unbranched alkanes of at least 4 members (excludes halogenated alkanes) is 15. The van der Waals surface area contributed by atoms with Crippen LogP contribution in [0.15, 0.2) is 176 Å². The first kappa shape index (κ1) is 60.5. The number of aromatic nitrogens is 4. The van der Waals surface area contributed by atoms with Crippen LogP contribution in [0.4, 0.5) is 15.0 Å². The molecule has 3 atom stereocenters. The Morgan fingerprint density at radius 1 is 0.619 bits per heavy atom. The third kappa shape index (κ3) is 14.3. The molecule has 0 unspecified atom stereocenters. The lowest BCUT2D eigenvalue weighted by Crippen LogP contribution is -2.49. The first-order valence-electron chi connectivity index (χ1n) is 30.1. The summed E-state index contributed by atoms with van der Waals surface area (Å²) in [6.45, 7) is 2.03. The number of fused-ring (bicyclic) bond motifs is 1. The van der Waals surface area contributed by atoms with Crippen LogP contribution in [-0.4, -0.2) is 64.8 Å². The summed E-state index contributed by atoms with van der Waals surface area (Å²) in [6, 6.07) is 54.9. The van der Waals surface area contributed by atoms with E-state index < -0.39 is 47.9 Å². The molecule has 13 heteroatoms. The maximum atomic E-state index is 16.5. The van der Waals surface area contributed by atoms with Gasteiger partial charge in [0.15, 0.2) is 22.6 Å². The maximum Gasteiger partial charge on any atom is 0.508 e. The highest BCUT2D eigenvalue weighted by Crippen LogP contribution is 2.49. The second kappa shape index (κ2) is 30.0. The van der Waals surface area contributed by atoms with Gasteiger partial charge < -0.3 is 33.7 Å². The van der Waals surface area contributed by atoms with Crippen LogP contribution in [-0.2, 0) is 30.1 Å². The molecule has 1 aliphatic rings. The van der Waals surface area contributed by atoms with Crippen molar-refractivity contribution in [3.63, 3.8) is 0 Å². The van der Waals surface area contributed by atoms with Crippen LogP contribution >= 0.6 is 0 Å². The summed E-state index contributed by atoms with van der Waals surface area (Å²) >= 11 is 0. The fourth-order valence-corrected chi connectivity index (χ4v) is 11.8. The summed E-state index contributed by atoms with van der Waals surface area (Å²) in [5.74, 6) is 4.35. The first-order valence-corrected chi connectivity index (χ1v) is 30.1. The fourth-order valence-electron chi connectivity index (χ4n) is 11.8. The van der Waals surface area contributed by atoms with E-state index in [0.29, 0.717) is 17.9 Å². The number of halogens is 1. The number of rotatable bonds is 32. The molecule has 12 nitrogen and oxygen atoms in total. The predicted molar refractivity (Wildman–Crippen MR) is 328 cm³/mol. The van der Waals surface area contributed by atoms with Crippen LogP contribution in [0, 0.1) is 18.4 Å². The molecule has 9 rings (SSSR count). The Bertz CT molecular complexity index is 3230. The average molecular weight is 1130 g/mol. The van der Waals surface area contributed by atoms with Crippen molar-refractivity contribution in [2.24, 2.45) is 0 Å². The number of terminal acetylenes is 1. The molecule has 1 fully saturated rings. The monoisotopic (exact) mass is 1130 g/mol. The molecule has 8 aromatic rings. The van der Waals surface area contributed by atoms with E-state index in [9.17, 15) is 4.79 Å². The van der Waals surface area contributed by atoms with Crippen LogP contribution in [0.2, 0.25) is 0 Å². The molecule has 0 amide bonds. The molecule has 84 heavy (non-hydrogen) atoms. The predicted octanol–water partition coefficient (Wildman–Crippen LogP) is 16.5. The van der Waals surface area contributed by atoms with Gasteiger partial charge in [-0.2, -0.15) is 14.4 Å². The Morgan fingerprint density at radius 2 is 1.06 bits per heavy atom. The Kier molecular flexibility index (Phi) is 21.6. The number of ether oxygens (including phenoxy) is 6. The number of nitrogens with zero attached hydrogens (tertiary/aromatic N) is 4. The molecule has 3 heterocycles. The second-order valence-electron chi connectivity index (χ2n) is 21.8. The smallest absolute Gasteiger partial charge is 0.497 e. The molecule has 0 bridgehead atoms. The Morgan fingerprint density at radius 3 is 1.54 bits per heavy atom. The molecule has 0 spiro atoms. The number of carbonyl (C=O) groups is 1. The zero-order chi connectivity index (χ0) is 58.5. The van der Waals surface area contributed by atoms with Gasteiger partial charge in [-0.15, -0.1) is 6.42 Å². The highest BCUT2D eigenvalue weighted by Gasteiger charge is 2.55. The van der Waals surface area contributed by atoms with E-state index in [2.05, 4.69) is 28.1 Å². The van der Waals surface area contributed by atoms with Gasteiger partial charge in [-0.1, -0.05) is 255 Å². The van der Waals surface area contributed by atoms with E-state index in [1.54, 1.807) is 18.8 Å². The number of hydrogen-bond acceptors (Lipinski definition) is 11. The average Bonchev–Trinajstić information content (AvgIpc) is 1.57. The highest BCUT2D eigenvalue weighted by molar-refractivity contribution is 5.84. The van der Waals surface area contributed by atoms with Crippen molar-refractivity contribution < 1.29 is 37.6 Å². The van der Waals surface area contributed by atoms with Gasteiger partial charge in [0.1, 0.15) is 41.6 Å². The van der Waals surface area contributed by atoms with Crippen molar-refractivity contribution in [1.29, 1.82) is 0 Å². The van der Waals surface area contributed by atoms with Gasteiger partial charge in [0.05, 0.1) is 27.2 Å². The van der Waals surface area contributed by atoms with Crippen LogP contribution in [0.1, 0.15) is 156 Å². The fraction of sp³-hybridized carbons (Fsp3) is 0.380. The van der Waals surface area contributed by atoms with Crippen molar-refractivity contribution in [3.8, 4) is 23.8 Å². The molecule has 0 aliphatic carbocycles. The van der Waals surface area contributed by atoms with E-state index in [1.165, 1.54) is 83.4 Å². The molecule has 1 saturated heterocycles. The summed E-state index contributed by atoms with van der Waals surface area (Å²) in [5.41, 5.74) is 1.08. The van der Waals surface area contributed by atoms with Crippen LogP contribution in [0.3, 0.4) is 0 Å². The van der Waals surface area contributed by atoms with E-state index in [-0.39, 0.29) is 30.0 Å². The quantitative estimate of drug-likeness (QED) is 0.0142. The summed E-state index contributed by atoms with van der Waals surface area (Å²) in [4.78, 5) is 27.3. The van der Waals surface area contributed by atoms with Gasteiger partial charge in [-0.25, -0.2) is 9.78 Å². The zero-order valence-corrected chi connectivity index (χ0v) is 48.9. The topological polar surface area (TPSA) is 128 Å². The van der Waals surface area contributed by atoms with Gasteiger partial charge in [-0.3, -0.25) is 4.57 Å². The maximum absolute atomic E-state index is 16.5. The lowest BCUT2D eigenvalue weighted by Gasteiger charge is -2.41. The van der Waals surface area contributed by atoms with E-state index in [4.69, 9.17) is 39.8 Å². The molecule has 6 aromatic carbocycles. The van der Waals surface area contributed by atoms with Gasteiger partial charge in [0, 0.05) is 6.42 Å². The third-order valence-corrected chi connectivity index (χ3v) is 16.3. The number of benzene rings is 6. The van der Waals surface area contributed by atoms with E-state index in [1.807, 2.05) is 170 Å². The standard InChI is InChI=1S/C71H80FN5O7/c1-5-7-8-9-10-11-12-13-14-15-16-17-18-19-20-33-50-81-68(78)82-52-69(6-2)62(83-71(57-38-29-23-30-39-57,58-40-31-24-32-41-58)59-44-48-61(80-4)49-45-59)51-63(84-69)77-53-73-64-65(74-67(72)75-66(64)77)76-70(54-34-25-21-26-35-54,55-36-27-22-28-37-55)56-42-46-60(79-3)47-43-56/h2,21-32,34-49,53,62-63H,5,7-20,33,50-52H2,1,3-4H3,(H,74,75,76)/t62-,63+,69+/m0/s1. The zero-order valence-electron chi connectivity index (χ0n) is 48.9. The van der Waals surface area contributed by atoms with Gasteiger partial charge >= 0.3 is 12.2 Å². The summed E-state index contributed by atoms with van der Waals surface area (Å²) in [7, 11) is 3.24. The summed E-state index contributed by atoms with van der Waals surface area (Å²) in [6.07, 6.45) is 24.2. The molecule has 1 N–H and O–H groups in total. The van der Waals surface area contributed by atoms with E-state index >= 15 is 4.39 Å². The van der Waals surface area contributed by atoms with Gasteiger partial charge in [-0.05, 0) is 64.1 Å². The third-order valence-electron chi connectivity index (χ3n) is 16.3. The first-order chi connectivity index (χ1) is 41.3. The van der Waals surface area contributed by atoms with Gasteiger partial charge in [0.2, 0.25) is 0 Å². The molecule has 0 saturated carbocycles. The number of imidazole rings is 1. The minimum Gasteiger partial charge on any atom is -0.497 e. The van der Waals surface area contributed by atoms with Gasteiger partial charge in [0.25, 0.3) is 0 Å². The number of anilines is 1. The van der Waals surface area contributed by atoms with Crippen molar-refractivity contribution in [3.05, 3.63) is 216 Å². The summed E-state index contributed by atoms with van der Waals surface area (Å²) < 4.78 is 55.7. The largest absolute Gasteiger partial charge is 0.508 e. The number of nitrogens with one attached hydrogen (secondary N) is 1. The lowest BCUT2D eigenvalue weighted by atomic mass is 9.77. The van der Waals surface area contributed by atoms with Crippen molar-refractivity contribution in [2.75, 3.05) is 32.8 Å². The second-order valence-corrected chi connectivity index (χ2v) is 21.8. The molecule has 1 aliphatic heterocycles. The van der Waals surface area contributed by atoms with Crippen LogP contribution in [0.5, 0.6) is 11.5 Å². The molecule has 0 radical (unpaired) electrons. The van der Waals surface area contributed by atoms with Crippen molar-refractivity contribution in [2.45, 2.75) is 145 Å². The molecule has 438 valence electrons. The number of carbonyl (C=O) groups excluding carboxylic acids is 1. The van der Waals surface area contributed by atoms with Crippen LogP contribution < -0.4 is 14.8 Å². The molecular formula is C71H80FN5O7. The Balaban J connectivity index is 0.992. The Hall–Kier alpha value is -8.05. The number of hydrogen-bond donors (Lipinski definition) is 1. The minimum atomic E-state index is -1.74. The SMILES string of the molecule is C#C[C@]1(COC(=O)OCCCCCCCCCCCCCCCCCC)O[C@@H](n2cnc3c(NC(c4ccccc4)(c4ccccc4)c4ccc(OC)cc4)nc(F)nc32)C[C@@H]1OC(c1ccccc1)(c1ccccc1)c1ccc(OC)cc1. The normalized spacial score (nSPS) is 16.0. The molecular weight excluding hydrogens is 1050 g/mol. The Labute approximate surface area is 495 Å². The summed E-state index contributed by atoms with van der Waals surface area (Å²) in [5, 5.41) is 3.69. The highest BCUT2D eigenvalue weighted by atomic mass is 19.1. The molecule has 2 aromatic heterocycles. The minimum absolute atomic E-state index is 0.0725.